The molecule has 1 N–H and O–H groups in total. The van der Waals surface area contributed by atoms with E-state index in [0.717, 1.165) is 30.5 Å². The van der Waals surface area contributed by atoms with Gasteiger partial charge in [0, 0.05) is 6.04 Å². The molecule has 1 aromatic carbocycles. The zero-order chi connectivity index (χ0) is 9.26. The summed E-state index contributed by atoms with van der Waals surface area (Å²) < 4.78 is 13.3. The Balaban J connectivity index is 2.37. The summed E-state index contributed by atoms with van der Waals surface area (Å²) in [5.74, 6) is -0.0614. The maximum Gasteiger partial charge on any atom is 0.126 e. The first-order valence-corrected chi connectivity index (χ1v) is 4.83. The Morgan fingerprint density at radius 1 is 1.54 bits per heavy atom. The lowest BCUT2D eigenvalue weighted by atomic mass is 9.92. The van der Waals surface area contributed by atoms with Crippen molar-refractivity contribution in [3.8, 4) is 0 Å². The van der Waals surface area contributed by atoms with Crippen LogP contribution in [0.4, 0.5) is 4.39 Å². The van der Waals surface area contributed by atoms with Crippen molar-refractivity contribution < 1.29 is 4.39 Å². The van der Waals surface area contributed by atoms with Gasteiger partial charge in [0.2, 0.25) is 0 Å². The second kappa shape index (κ2) is 3.46. The van der Waals surface area contributed by atoms with E-state index in [1.54, 1.807) is 12.1 Å². The number of halogens is 1. The predicted octanol–water partition coefficient (Wildman–Crippen LogP) is 2.42. The molecule has 1 nitrogen and oxygen atoms in total. The highest BCUT2D eigenvalue weighted by Crippen LogP contribution is 2.27. The molecule has 1 aliphatic rings. The van der Waals surface area contributed by atoms with Crippen LogP contribution in [0.5, 0.6) is 0 Å². The van der Waals surface area contributed by atoms with E-state index in [1.165, 1.54) is 0 Å². The van der Waals surface area contributed by atoms with E-state index in [4.69, 9.17) is 0 Å². The van der Waals surface area contributed by atoms with Crippen LogP contribution in [-0.2, 0) is 6.42 Å². The molecule has 13 heavy (non-hydrogen) atoms. The van der Waals surface area contributed by atoms with Crippen LogP contribution in [0.3, 0.4) is 0 Å². The van der Waals surface area contributed by atoms with Gasteiger partial charge in [-0.15, -0.1) is 0 Å². The Labute approximate surface area is 78.0 Å². The van der Waals surface area contributed by atoms with Crippen LogP contribution in [0.2, 0.25) is 0 Å². The van der Waals surface area contributed by atoms with E-state index in [2.05, 4.69) is 5.32 Å². The standard InChI is InChI=1S/C11H14FN/c1-2-8-9(11-6-7-13-11)4-3-5-10(8)12/h3-5,11,13H,2,6-7H2,1H3/t11-/m1/s1. The first-order valence-electron chi connectivity index (χ1n) is 4.83. The molecule has 1 atom stereocenters. The van der Waals surface area contributed by atoms with Crippen molar-refractivity contribution in [2.24, 2.45) is 0 Å². The van der Waals surface area contributed by atoms with Crippen LogP contribution in [0.25, 0.3) is 0 Å². The number of nitrogens with one attached hydrogen (secondary N) is 1. The SMILES string of the molecule is CCc1c(F)cccc1[C@H]1CCN1. The van der Waals surface area contributed by atoms with Gasteiger partial charge in [0.15, 0.2) is 0 Å². The molecule has 1 fully saturated rings. The minimum Gasteiger partial charge on any atom is -0.310 e. The third kappa shape index (κ3) is 1.46. The summed E-state index contributed by atoms with van der Waals surface area (Å²) in [7, 11) is 0. The molecule has 0 aliphatic carbocycles. The lowest BCUT2D eigenvalue weighted by Gasteiger charge is -2.29. The molecule has 70 valence electrons. The molecule has 2 rings (SSSR count). The quantitative estimate of drug-likeness (QED) is 0.735. The number of hydrogen-bond donors (Lipinski definition) is 1. The van der Waals surface area contributed by atoms with Crippen molar-refractivity contribution in [3.05, 3.63) is 35.1 Å². The lowest BCUT2D eigenvalue weighted by Crippen LogP contribution is -2.35. The molecule has 1 heterocycles. The summed E-state index contributed by atoms with van der Waals surface area (Å²) in [4.78, 5) is 0. The largest absolute Gasteiger partial charge is 0.310 e. The van der Waals surface area contributed by atoms with Crippen LogP contribution in [0.1, 0.15) is 30.5 Å². The minimum absolute atomic E-state index is 0.0614. The van der Waals surface area contributed by atoms with E-state index < -0.39 is 0 Å². The average molecular weight is 179 g/mol. The molecular weight excluding hydrogens is 165 g/mol. The zero-order valence-electron chi connectivity index (χ0n) is 7.81. The van der Waals surface area contributed by atoms with Gasteiger partial charge in [0.05, 0.1) is 0 Å². The van der Waals surface area contributed by atoms with E-state index in [1.807, 2.05) is 13.0 Å². The Hall–Kier alpha value is -0.890. The number of rotatable bonds is 2. The van der Waals surface area contributed by atoms with Gasteiger partial charge >= 0.3 is 0 Å². The summed E-state index contributed by atoms with van der Waals surface area (Å²) in [6.07, 6.45) is 1.91. The first-order chi connectivity index (χ1) is 6.33. The van der Waals surface area contributed by atoms with Crippen LogP contribution in [-0.4, -0.2) is 6.54 Å². The minimum atomic E-state index is -0.0614. The van der Waals surface area contributed by atoms with Gasteiger partial charge in [0.1, 0.15) is 5.82 Å². The van der Waals surface area contributed by atoms with Gasteiger partial charge in [-0.2, -0.15) is 0 Å². The van der Waals surface area contributed by atoms with Crippen molar-refractivity contribution in [3.63, 3.8) is 0 Å². The number of benzene rings is 1. The summed E-state index contributed by atoms with van der Waals surface area (Å²) in [5.41, 5.74) is 2.02. The molecule has 1 aromatic rings. The van der Waals surface area contributed by atoms with Gasteiger partial charge in [-0.05, 0) is 36.6 Å². The van der Waals surface area contributed by atoms with Crippen molar-refractivity contribution in [1.29, 1.82) is 0 Å². The normalized spacial score (nSPS) is 21.2. The molecule has 0 amide bonds. The van der Waals surface area contributed by atoms with E-state index in [-0.39, 0.29) is 5.82 Å². The van der Waals surface area contributed by atoms with Crippen molar-refractivity contribution in [2.45, 2.75) is 25.8 Å². The molecule has 0 saturated carbocycles. The average Bonchev–Trinajstić information content (AvgIpc) is 2.01. The topological polar surface area (TPSA) is 12.0 Å². The third-order valence-corrected chi connectivity index (χ3v) is 2.71. The van der Waals surface area contributed by atoms with Crippen molar-refractivity contribution in [2.75, 3.05) is 6.54 Å². The second-order valence-electron chi connectivity index (χ2n) is 3.46. The Morgan fingerprint density at radius 2 is 2.31 bits per heavy atom. The van der Waals surface area contributed by atoms with Gasteiger partial charge in [0.25, 0.3) is 0 Å². The molecule has 1 saturated heterocycles. The monoisotopic (exact) mass is 179 g/mol. The molecule has 0 aromatic heterocycles. The molecule has 2 heteroatoms. The van der Waals surface area contributed by atoms with Crippen LogP contribution < -0.4 is 5.32 Å². The highest BCUT2D eigenvalue weighted by Gasteiger charge is 2.21. The molecule has 0 bridgehead atoms. The fourth-order valence-electron chi connectivity index (χ4n) is 1.83. The summed E-state index contributed by atoms with van der Waals surface area (Å²) in [6.45, 7) is 3.06. The Kier molecular flexibility index (Phi) is 2.32. The van der Waals surface area contributed by atoms with Gasteiger partial charge in [-0.1, -0.05) is 19.1 Å². The van der Waals surface area contributed by atoms with Gasteiger partial charge in [-0.25, -0.2) is 4.39 Å². The Morgan fingerprint density at radius 3 is 2.85 bits per heavy atom. The number of hydrogen-bond acceptors (Lipinski definition) is 1. The molecule has 0 unspecified atom stereocenters. The Bertz CT molecular complexity index is 305. The summed E-state index contributed by atoms with van der Waals surface area (Å²) in [6, 6.07) is 5.76. The summed E-state index contributed by atoms with van der Waals surface area (Å²) in [5, 5.41) is 3.30. The van der Waals surface area contributed by atoms with Crippen molar-refractivity contribution >= 4 is 0 Å². The highest BCUT2D eigenvalue weighted by atomic mass is 19.1. The molecule has 1 aliphatic heterocycles. The van der Waals surface area contributed by atoms with E-state index >= 15 is 0 Å². The predicted molar refractivity (Wildman–Crippen MR) is 51.1 cm³/mol. The first kappa shape index (κ1) is 8.70. The maximum atomic E-state index is 13.3. The van der Waals surface area contributed by atoms with E-state index in [9.17, 15) is 4.39 Å². The van der Waals surface area contributed by atoms with Crippen LogP contribution in [0.15, 0.2) is 18.2 Å². The van der Waals surface area contributed by atoms with Gasteiger partial charge in [-0.3, -0.25) is 0 Å². The molecular formula is C11H14FN. The zero-order valence-corrected chi connectivity index (χ0v) is 7.81. The van der Waals surface area contributed by atoms with Crippen molar-refractivity contribution in [1.82, 2.24) is 5.32 Å². The highest BCUT2D eigenvalue weighted by molar-refractivity contribution is 5.32. The third-order valence-electron chi connectivity index (χ3n) is 2.71. The fourth-order valence-corrected chi connectivity index (χ4v) is 1.83. The molecule has 0 radical (unpaired) electrons. The van der Waals surface area contributed by atoms with E-state index in [0.29, 0.717) is 6.04 Å². The van der Waals surface area contributed by atoms with Crippen LogP contribution in [0, 0.1) is 5.82 Å². The fraction of sp³-hybridized carbons (Fsp3) is 0.455. The summed E-state index contributed by atoms with van der Waals surface area (Å²) >= 11 is 0. The van der Waals surface area contributed by atoms with Gasteiger partial charge < -0.3 is 5.32 Å². The second-order valence-corrected chi connectivity index (χ2v) is 3.46. The molecule has 0 spiro atoms. The maximum absolute atomic E-state index is 13.3. The smallest absolute Gasteiger partial charge is 0.126 e. The van der Waals surface area contributed by atoms with Crippen LogP contribution >= 0.6 is 0 Å². The lowest BCUT2D eigenvalue weighted by molar-refractivity contribution is 0.379.